The molecule has 1 N–H and O–H groups in total. The fourth-order valence-electron chi connectivity index (χ4n) is 7.92. The summed E-state index contributed by atoms with van der Waals surface area (Å²) in [4.78, 5) is 29.0. The number of aryl methyl sites for hydroxylation is 1. The summed E-state index contributed by atoms with van der Waals surface area (Å²) in [6, 6.07) is 18.3. The number of amides is 1. The monoisotopic (exact) mass is 808 g/mol. The molecular weight excluding hydrogens is 764 g/mol. The summed E-state index contributed by atoms with van der Waals surface area (Å²) in [7, 11) is -3.95. The van der Waals surface area contributed by atoms with Gasteiger partial charge in [0.2, 0.25) is 10.0 Å². The molecule has 3 aliphatic rings. The smallest absolute Gasteiger partial charge is 0.338 e. The van der Waals surface area contributed by atoms with Crippen molar-refractivity contribution >= 4 is 55.1 Å². The highest BCUT2D eigenvalue weighted by Gasteiger charge is 2.45. The topological polar surface area (TPSA) is 102 Å². The molecule has 8 nitrogen and oxygen atoms in total. The number of rotatable bonds is 12. The largest absolute Gasteiger partial charge is 0.490 e. The number of nitrogens with zero attached hydrogens (tertiary/aromatic N) is 1. The lowest BCUT2D eigenvalue weighted by Crippen LogP contribution is -2.49. The minimum atomic E-state index is -3.95. The third kappa shape index (κ3) is 7.99. The Morgan fingerprint density at radius 2 is 1.85 bits per heavy atom. The molecule has 0 bridgehead atoms. The fraction of sp³-hybridized carbons (Fsp3) is 0.415. The molecule has 3 aromatic carbocycles. The molecule has 0 unspecified atom stereocenters. The van der Waals surface area contributed by atoms with Gasteiger partial charge in [0, 0.05) is 39.5 Å². The maximum absolute atomic E-state index is 13.6. The van der Waals surface area contributed by atoms with E-state index in [1.807, 2.05) is 25.1 Å². The van der Waals surface area contributed by atoms with Crippen LogP contribution in [0, 0.1) is 17.8 Å². The molecule has 6 atom stereocenters. The highest BCUT2D eigenvalue weighted by atomic mass is 79.9. The number of anilines is 1. The van der Waals surface area contributed by atoms with Crippen molar-refractivity contribution in [2.75, 3.05) is 24.6 Å². The van der Waals surface area contributed by atoms with Gasteiger partial charge >= 0.3 is 5.97 Å². The Balaban J connectivity index is 1.30. The van der Waals surface area contributed by atoms with E-state index in [9.17, 15) is 18.0 Å². The second-order valence-electron chi connectivity index (χ2n) is 14.6. The van der Waals surface area contributed by atoms with Gasteiger partial charge in [0.15, 0.2) is 0 Å². The molecule has 6 rings (SSSR count). The number of benzene rings is 3. The van der Waals surface area contributed by atoms with Crippen LogP contribution < -0.4 is 14.4 Å². The van der Waals surface area contributed by atoms with Gasteiger partial charge in [-0.1, -0.05) is 59.3 Å². The zero-order chi connectivity index (χ0) is 37.2. The second-order valence-corrected chi connectivity index (χ2v) is 18.0. The van der Waals surface area contributed by atoms with Crippen molar-refractivity contribution in [3.63, 3.8) is 0 Å². The molecule has 1 spiro atoms. The molecule has 1 amide bonds. The average Bonchev–Trinajstić information content (AvgIpc) is 3.26. The first-order valence-corrected chi connectivity index (χ1v) is 20.6. The Bertz CT molecular complexity index is 1950. The maximum atomic E-state index is 13.6. The lowest BCUT2D eigenvalue weighted by Gasteiger charge is -2.45. The normalized spacial score (nSPS) is 22.7. The molecule has 1 saturated carbocycles. The number of hydrogen-bond donors (Lipinski definition) is 1. The summed E-state index contributed by atoms with van der Waals surface area (Å²) >= 11 is 9.86. The lowest BCUT2D eigenvalue weighted by molar-refractivity contribution is -0.00184. The zero-order valence-electron chi connectivity index (χ0n) is 29.7. The molecule has 2 aliphatic carbocycles. The number of esters is 1. The van der Waals surface area contributed by atoms with Gasteiger partial charge in [0.1, 0.15) is 11.9 Å². The van der Waals surface area contributed by atoms with Gasteiger partial charge in [-0.3, -0.25) is 4.79 Å². The van der Waals surface area contributed by atoms with Crippen LogP contribution in [-0.4, -0.2) is 51.3 Å². The average molecular weight is 810 g/mol. The summed E-state index contributed by atoms with van der Waals surface area (Å²) < 4.78 is 42.3. The van der Waals surface area contributed by atoms with Crippen LogP contribution in [0.25, 0.3) is 0 Å². The third-order valence-electron chi connectivity index (χ3n) is 11.3. The van der Waals surface area contributed by atoms with Crippen LogP contribution in [0.4, 0.5) is 5.69 Å². The van der Waals surface area contributed by atoms with E-state index in [0.29, 0.717) is 42.5 Å². The zero-order valence-corrected chi connectivity index (χ0v) is 32.8. The molecule has 1 heterocycles. The van der Waals surface area contributed by atoms with Crippen molar-refractivity contribution in [3.8, 4) is 5.75 Å². The van der Waals surface area contributed by atoms with Gasteiger partial charge < -0.3 is 14.4 Å². The number of nitrogens with one attached hydrogen (secondary N) is 1. The third-order valence-corrected chi connectivity index (χ3v) is 13.9. The Labute approximate surface area is 320 Å². The Kier molecular flexibility index (Phi) is 11.6. The van der Waals surface area contributed by atoms with Gasteiger partial charge in [-0.15, -0.1) is 6.58 Å². The molecule has 0 aromatic heterocycles. The van der Waals surface area contributed by atoms with E-state index in [0.717, 1.165) is 42.3 Å². The van der Waals surface area contributed by atoms with Crippen LogP contribution in [0.3, 0.4) is 0 Å². The molecule has 1 fully saturated rings. The summed E-state index contributed by atoms with van der Waals surface area (Å²) in [5.74, 6) is -0.470. The molecule has 3 aromatic rings. The molecular formula is C41H46BrClN2O6S. The predicted octanol–water partition coefficient (Wildman–Crippen LogP) is 8.67. The van der Waals surface area contributed by atoms with Gasteiger partial charge in [0.25, 0.3) is 5.91 Å². The van der Waals surface area contributed by atoms with Crippen LogP contribution in [0.2, 0.25) is 5.02 Å². The van der Waals surface area contributed by atoms with E-state index in [2.05, 4.69) is 50.8 Å². The Morgan fingerprint density at radius 3 is 2.54 bits per heavy atom. The lowest BCUT2D eigenvalue weighted by atomic mass is 9.68. The number of allylic oxidation sites excluding steroid dienone is 1. The number of carbonyl (C=O) groups is 2. The van der Waals surface area contributed by atoms with Crippen molar-refractivity contribution in [1.82, 2.24) is 4.72 Å². The van der Waals surface area contributed by atoms with E-state index < -0.39 is 33.3 Å². The summed E-state index contributed by atoms with van der Waals surface area (Å²) in [6.07, 6.45) is 8.06. The van der Waals surface area contributed by atoms with Gasteiger partial charge in [-0.25, -0.2) is 17.9 Å². The van der Waals surface area contributed by atoms with Crippen LogP contribution in [-0.2, 0) is 26.6 Å². The number of fused-ring (bicyclic) bond motifs is 3. The van der Waals surface area contributed by atoms with E-state index in [1.54, 1.807) is 49.4 Å². The van der Waals surface area contributed by atoms with Crippen molar-refractivity contribution < 1.29 is 27.5 Å². The standard InChI is InChI=1S/C41H46BrClN2O6S/c1-5-8-26(3)27(4)52(48,49)44-39(46)30-13-19-38-36(22-30)45(24-41(25-50-38)20-7-9-29-21-33(43)16-18-35(29)41)23-31-12-17-34(31)37(6-2)51-40(47)28-10-14-32(42)15-11-28/h5-6,10-11,13-16,18-19,21-22,26-27,31,34,37H,1-2,7-9,12,17,20,23-25H2,3-4H3,(H,44,46)/t26-,27+,31-,34+,37-,41-/m0/s1. The SMILES string of the molecule is C=CC[C@H](C)[C@@H](C)S(=O)(=O)NC(=O)c1ccc2c(c1)N(C[C@@H]1CC[C@H]1[C@H](C=C)OC(=O)c1ccc(Br)cc1)C[C@@]1(CCCc3cc(Cl)ccc31)CO2. The number of hydrogen-bond acceptors (Lipinski definition) is 7. The first kappa shape index (κ1) is 38.1. The van der Waals surface area contributed by atoms with Crippen LogP contribution in [0.1, 0.15) is 77.8 Å². The minimum absolute atomic E-state index is 0.0496. The van der Waals surface area contributed by atoms with E-state index in [1.165, 1.54) is 11.1 Å². The van der Waals surface area contributed by atoms with Crippen molar-refractivity contribution in [3.05, 3.63) is 118 Å². The molecule has 0 radical (unpaired) electrons. The van der Waals surface area contributed by atoms with Crippen LogP contribution in [0.15, 0.2) is 90.4 Å². The summed E-state index contributed by atoms with van der Waals surface area (Å²) in [5.41, 5.74) is 3.51. The number of halogens is 2. The van der Waals surface area contributed by atoms with Crippen molar-refractivity contribution in [2.24, 2.45) is 17.8 Å². The van der Waals surface area contributed by atoms with E-state index >= 15 is 0 Å². The molecule has 1 aliphatic heterocycles. The highest BCUT2D eigenvalue weighted by Crippen LogP contribution is 2.47. The predicted molar refractivity (Wildman–Crippen MR) is 210 cm³/mol. The fourth-order valence-corrected chi connectivity index (χ4v) is 9.67. The van der Waals surface area contributed by atoms with E-state index in [-0.39, 0.29) is 28.7 Å². The first-order valence-electron chi connectivity index (χ1n) is 17.9. The quantitative estimate of drug-likeness (QED) is 0.144. The minimum Gasteiger partial charge on any atom is -0.490 e. The first-order chi connectivity index (χ1) is 24.8. The molecule has 52 heavy (non-hydrogen) atoms. The summed E-state index contributed by atoms with van der Waals surface area (Å²) in [6.45, 7) is 12.9. The number of sulfonamides is 1. The van der Waals surface area contributed by atoms with E-state index in [4.69, 9.17) is 21.1 Å². The molecule has 0 saturated heterocycles. The Hall–Kier alpha value is -3.60. The maximum Gasteiger partial charge on any atom is 0.338 e. The van der Waals surface area contributed by atoms with Crippen molar-refractivity contribution in [1.29, 1.82) is 0 Å². The molecule has 276 valence electrons. The van der Waals surface area contributed by atoms with Gasteiger partial charge in [0.05, 0.1) is 23.1 Å². The van der Waals surface area contributed by atoms with Crippen LogP contribution in [0.5, 0.6) is 5.75 Å². The van der Waals surface area contributed by atoms with Gasteiger partial charge in [-0.2, -0.15) is 0 Å². The van der Waals surface area contributed by atoms with Crippen LogP contribution >= 0.6 is 27.5 Å². The highest BCUT2D eigenvalue weighted by molar-refractivity contribution is 9.10. The second kappa shape index (κ2) is 15.8. The number of carbonyl (C=O) groups excluding carboxylic acids is 2. The summed E-state index contributed by atoms with van der Waals surface area (Å²) in [5, 5.41) is -0.0872. The Morgan fingerprint density at radius 1 is 1.10 bits per heavy atom. The molecule has 11 heteroatoms. The number of ether oxygens (including phenoxy) is 2. The van der Waals surface area contributed by atoms with Crippen molar-refractivity contribution in [2.45, 2.75) is 69.1 Å². The van der Waals surface area contributed by atoms with Gasteiger partial charge in [-0.05, 0) is 123 Å².